The number of rotatable bonds is 4. The summed E-state index contributed by atoms with van der Waals surface area (Å²) in [5, 5.41) is 5.95. The number of likely N-dealkylation sites (N-methyl/N-ethyl adjacent to an activating group) is 1. The van der Waals surface area contributed by atoms with Gasteiger partial charge in [-0.05, 0) is 34.9 Å². The fraction of sp³-hybridized carbons (Fsp3) is 0.130. The van der Waals surface area contributed by atoms with Gasteiger partial charge in [-0.1, -0.05) is 60.7 Å². The molecule has 1 aliphatic rings. The summed E-state index contributed by atoms with van der Waals surface area (Å²) >= 11 is 0. The number of amides is 3. The van der Waals surface area contributed by atoms with Crippen molar-refractivity contribution in [1.82, 2.24) is 5.32 Å². The van der Waals surface area contributed by atoms with Crippen molar-refractivity contribution in [2.45, 2.75) is 12.5 Å². The van der Waals surface area contributed by atoms with Gasteiger partial charge in [0, 0.05) is 18.4 Å². The number of anilines is 2. The van der Waals surface area contributed by atoms with Gasteiger partial charge in [0.05, 0.1) is 12.5 Å². The third-order valence-corrected chi connectivity index (χ3v) is 4.96. The normalized spacial score (nSPS) is 12.8. The molecule has 0 saturated heterocycles. The van der Waals surface area contributed by atoms with Gasteiger partial charge >= 0.3 is 6.03 Å². The molecule has 0 atom stereocenters. The van der Waals surface area contributed by atoms with Crippen LogP contribution in [0.25, 0.3) is 0 Å². The standard InChI is InChI=1S/C23H21N3O2/c1-26-20-13-12-19(14-18(20)15-21(26)27)24-23(28)25-22(16-8-4-2-5-9-16)17-10-6-3-7-11-17/h2-14,22H,15H2,1H3,(H2,24,25,28). The van der Waals surface area contributed by atoms with Crippen LogP contribution in [0.2, 0.25) is 0 Å². The van der Waals surface area contributed by atoms with Crippen molar-refractivity contribution in [1.29, 1.82) is 0 Å². The lowest BCUT2D eigenvalue weighted by Crippen LogP contribution is -2.33. The van der Waals surface area contributed by atoms with Gasteiger partial charge < -0.3 is 15.5 Å². The van der Waals surface area contributed by atoms with Gasteiger partial charge in [-0.15, -0.1) is 0 Å². The van der Waals surface area contributed by atoms with Crippen molar-refractivity contribution in [2.75, 3.05) is 17.3 Å². The summed E-state index contributed by atoms with van der Waals surface area (Å²) < 4.78 is 0. The molecule has 3 aromatic rings. The molecule has 1 heterocycles. The van der Waals surface area contributed by atoms with Gasteiger partial charge in [-0.3, -0.25) is 4.79 Å². The van der Waals surface area contributed by atoms with Crippen molar-refractivity contribution < 1.29 is 9.59 Å². The number of nitrogens with zero attached hydrogens (tertiary/aromatic N) is 1. The van der Waals surface area contributed by atoms with Crippen LogP contribution < -0.4 is 15.5 Å². The Labute approximate surface area is 164 Å². The summed E-state index contributed by atoms with van der Waals surface area (Å²) in [6.07, 6.45) is 0.361. The smallest absolute Gasteiger partial charge is 0.319 e. The van der Waals surface area contributed by atoms with Crippen LogP contribution in [0.3, 0.4) is 0 Å². The Balaban J connectivity index is 1.53. The van der Waals surface area contributed by atoms with E-state index in [4.69, 9.17) is 0 Å². The van der Waals surface area contributed by atoms with Gasteiger partial charge in [0.25, 0.3) is 0 Å². The molecule has 0 aliphatic carbocycles. The first kappa shape index (κ1) is 17.8. The fourth-order valence-corrected chi connectivity index (χ4v) is 3.50. The van der Waals surface area contributed by atoms with Crippen LogP contribution in [0.4, 0.5) is 16.2 Å². The van der Waals surface area contributed by atoms with E-state index in [0.29, 0.717) is 12.1 Å². The van der Waals surface area contributed by atoms with Crippen molar-refractivity contribution in [2.24, 2.45) is 0 Å². The van der Waals surface area contributed by atoms with Crippen LogP contribution in [-0.2, 0) is 11.2 Å². The minimum absolute atomic E-state index is 0.0600. The number of carbonyl (C=O) groups excluding carboxylic acids is 2. The maximum Gasteiger partial charge on any atom is 0.319 e. The third kappa shape index (κ3) is 3.60. The molecule has 3 amide bonds. The molecule has 0 aromatic heterocycles. The zero-order valence-electron chi connectivity index (χ0n) is 15.6. The monoisotopic (exact) mass is 371 g/mol. The van der Waals surface area contributed by atoms with Crippen LogP contribution in [0, 0.1) is 0 Å². The summed E-state index contributed by atoms with van der Waals surface area (Å²) in [6.45, 7) is 0. The third-order valence-electron chi connectivity index (χ3n) is 4.96. The quantitative estimate of drug-likeness (QED) is 0.725. The zero-order valence-corrected chi connectivity index (χ0v) is 15.6. The van der Waals surface area contributed by atoms with E-state index in [0.717, 1.165) is 22.4 Å². The highest BCUT2D eigenvalue weighted by Crippen LogP contribution is 2.30. The molecule has 2 N–H and O–H groups in total. The number of benzene rings is 3. The molecule has 140 valence electrons. The highest BCUT2D eigenvalue weighted by Gasteiger charge is 2.24. The highest BCUT2D eigenvalue weighted by atomic mass is 16.2. The summed E-state index contributed by atoms with van der Waals surface area (Å²) in [7, 11) is 1.76. The molecule has 5 nitrogen and oxygen atoms in total. The van der Waals surface area contributed by atoms with E-state index in [1.54, 1.807) is 11.9 Å². The number of urea groups is 1. The first-order chi connectivity index (χ1) is 13.6. The highest BCUT2D eigenvalue weighted by molar-refractivity contribution is 6.02. The Bertz CT molecular complexity index is 963. The minimum Gasteiger partial charge on any atom is -0.327 e. The van der Waals surface area contributed by atoms with Crippen molar-refractivity contribution in [3.05, 3.63) is 95.6 Å². The maximum atomic E-state index is 12.7. The van der Waals surface area contributed by atoms with Crippen LogP contribution in [0.1, 0.15) is 22.7 Å². The maximum absolute atomic E-state index is 12.7. The first-order valence-electron chi connectivity index (χ1n) is 9.19. The van der Waals surface area contributed by atoms with Crippen molar-refractivity contribution >= 4 is 23.3 Å². The van der Waals surface area contributed by atoms with Gasteiger partial charge in [-0.25, -0.2) is 4.79 Å². The largest absolute Gasteiger partial charge is 0.327 e. The molecule has 0 fully saturated rings. The summed E-state index contributed by atoms with van der Waals surface area (Å²) in [6, 6.07) is 24.7. The fourth-order valence-electron chi connectivity index (χ4n) is 3.50. The van der Waals surface area contributed by atoms with Gasteiger partial charge in [0.2, 0.25) is 5.91 Å². The lowest BCUT2D eigenvalue weighted by molar-refractivity contribution is -0.117. The number of fused-ring (bicyclic) bond motifs is 1. The molecule has 3 aromatic carbocycles. The lowest BCUT2D eigenvalue weighted by Gasteiger charge is -2.20. The van der Waals surface area contributed by atoms with Gasteiger partial charge in [0.1, 0.15) is 0 Å². The van der Waals surface area contributed by atoms with E-state index < -0.39 is 0 Å². The molecule has 28 heavy (non-hydrogen) atoms. The molecule has 0 bridgehead atoms. The number of nitrogens with one attached hydrogen (secondary N) is 2. The molecule has 0 unspecified atom stereocenters. The molecule has 4 rings (SSSR count). The number of carbonyl (C=O) groups is 2. The van der Waals surface area contributed by atoms with Crippen LogP contribution in [0.15, 0.2) is 78.9 Å². The van der Waals surface area contributed by atoms with E-state index >= 15 is 0 Å². The van der Waals surface area contributed by atoms with Gasteiger partial charge in [0.15, 0.2) is 0 Å². The average molecular weight is 371 g/mol. The molecule has 0 radical (unpaired) electrons. The van der Waals surface area contributed by atoms with E-state index in [2.05, 4.69) is 10.6 Å². The van der Waals surface area contributed by atoms with Crippen molar-refractivity contribution in [3.8, 4) is 0 Å². The van der Waals surface area contributed by atoms with E-state index in [1.165, 1.54) is 0 Å². The molecule has 1 aliphatic heterocycles. The number of hydrogen-bond acceptors (Lipinski definition) is 2. The topological polar surface area (TPSA) is 61.4 Å². The van der Waals surface area contributed by atoms with E-state index in [-0.39, 0.29) is 18.0 Å². The summed E-state index contributed by atoms with van der Waals surface area (Å²) in [4.78, 5) is 26.2. The van der Waals surface area contributed by atoms with Crippen LogP contribution in [-0.4, -0.2) is 19.0 Å². The second-order valence-corrected chi connectivity index (χ2v) is 6.83. The predicted molar refractivity (Wildman–Crippen MR) is 110 cm³/mol. The SMILES string of the molecule is CN1C(=O)Cc2cc(NC(=O)NC(c3ccccc3)c3ccccc3)ccc21. The molecule has 0 saturated carbocycles. The Morgan fingerprint density at radius 1 is 0.929 bits per heavy atom. The Kier molecular flexibility index (Phi) is 4.81. The average Bonchev–Trinajstić information content (AvgIpc) is 3.00. The van der Waals surface area contributed by atoms with E-state index in [1.807, 2.05) is 78.9 Å². The summed E-state index contributed by atoms with van der Waals surface area (Å²) in [5.41, 5.74) is 4.49. The molecular formula is C23H21N3O2. The molecule has 0 spiro atoms. The minimum atomic E-state index is -0.296. The second-order valence-electron chi connectivity index (χ2n) is 6.83. The second kappa shape index (κ2) is 7.56. The van der Waals surface area contributed by atoms with E-state index in [9.17, 15) is 9.59 Å². The molecular weight excluding hydrogens is 350 g/mol. The Hall–Kier alpha value is -3.60. The number of hydrogen-bond donors (Lipinski definition) is 2. The lowest BCUT2D eigenvalue weighted by atomic mass is 9.99. The first-order valence-corrected chi connectivity index (χ1v) is 9.19. The summed E-state index contributed by atoms with van der Waals surface area (Å²) in [5.74, 6) is 0.0600. The van der Waals surface area contributed by atoms with Crippen LogP contribution in [0.5, 0.6) is 0 Å². The predicted octanol–water partition coefficient (Wildman–Crippen LogP) is 4.12. The molecule has 5 heteroatoms. The van der Waals surface area contributed by atoms with Crippen molar-refractivity contribution in [3.63, 3.8) is 0 Å². The van der Waals surface area contributed by atoms with Gasteiger partial charge in [-0.2, -0.15) is 0 Å². The Morgan fingerprint density at radius 3 is 2.14 bits per heavy atom. The van der Waals surface area contributed by atoms with Crippen LogP contribution >= 0.6 is 0 Å². The Morgan fingerprint density at radius 2 is 1.54 bits per heavy atom. The zero-order chi connectivity index (χ0) is 19.5.